The third kappa shape index (κ3) is 9.97. The minimum atomic E-state index is -2.65. The maximum Gasteiger partial charge on any atom is 0.532 e. The summed E-state index contributed by atoms with van der Waals surface area (Å²) in [6.45, 7) is 12.3. The summed E-state index contributed by atoms with van der Waals surface area (Å²) in [5.74, 6) is 0. The van der Waals surface area contributed by atoms with Crippen LogP contribution in [0.2, 0.25) is 0 Å². The molecule has 0 N–H and O–H groups in total. The van der Waals surface area contributed by atoms with E-state index in [4.69, 9.17) is 13.3 Å². The van der Waals surface area contributed by atoms with Gasteiger partial charge in [0.25, 0.3) is 0 Å². The Kier molecular flexibility index (Phi) is 16.2. The first-order chi connectivity index (χ1) is 11.7. The molecule has 3 nitrogen and oxygen atoms in total. The van der Waals surface area contributed by atoms with Crippen LogP contribution in [0.1, 0.15) is 98.8 Å². The highest BCUT2D eigenvalue weighted by Gasteiger charge is 2.44. The van der Waals surface area contributed by atoms with E-state index in [1.165, 1.54) is 63.0 Å². The van der Waals surface area contributed by atoms with Crippen LogP contribution in [0.25, 0.3) is 0 Å². The van der Waals surface area contributed by atoms with Crippen molar-refractivity contribution >= 4 is 8.80 Å². The summed E-state index contributed by atoms with van der Waals surface area (Å²) in [6.07, 6.45) is 15.4. The fourth-order valence-electron chi connectivity index (χ4n) is 3.07. The van der Waals surface area contributed by atoms with Crippen molar-refractivity contribution in [1.82, 2.24) is 0 Å². The highest BCUT2D eigenvalue weighted by Crippen LogP contribution is 2.25. The first kappa shape index (κ1) is 23.8. The predicted octanol–water partition coefficient (Wildman–Crippen LogP) is 6.44. The molecule has 0 amide bonds. The molecule has 0 aromatic rings. The molecule has 0 aromatic carbocycles. The van der Waals surface area contributed by atoms with E-state index in [0.717, 1.165) is 6.42 Å². The largest absolute Gasteiger partial charge is 0.532 e. The van der Waals surface area contributed by atoms with Crippen LogP contribution < -0.4 is 0 Å². The van der Waals surface area contributed by atoms with E-state index in [-0.39, 0.29) is 0 Å². The van der Waals surface area contributed by atoms with Crippen LogP contribution in [0.5, 0.6) is 0 Å². The SMILES string of the molecule is C/C=C(/CCCCCCCCCCC)[Si](OCC)(OCC)OCC. The fraction of sp³-hybridized carbons (Fsp3) is 0.900. The summed E-state index contributed by atoms with van der Waals surface area (Å²) in [7, 11) is -2.65. The molecule has 0 spiro atoms. The molecule has 0 saturated carbocycles. The zero-order chi connectivity index (χ0) is 18.1. The summed E-state index contributed by atoms with van der Waals surface area (Å²) in [5, 5.41) is 1.26. The Labute approximate surface area is 152 Å². The fourth-order valence-corrected chi connectivity index (χ4v) is 5.86. The van der Waals surface area contributed by atoms with Crippen LogP contribution >= 0.6 is 0 Å². The monoisotopic (exact) mass is 358 g/mol. The molecule has 0 aromatic heterocycles. The molecule has 0 unspecified atom stereocenters. The smallest absolute Gasteiger partial charge is 0.370 e. The maximum absolute atomic E-state index is 6.02. The van der Waals surface area contributed by atoms with E-state index < -0.39 is 8.80 Å². The molecular weight excluding hydrogens is 316 g/mol. The first-order valence-electron chi connectivity index (χ1n) is 10.3. The first-order valence-corrected chi connectivity index (χ1v) is 12.0. The lowest BCUT2D eigenvalue weighted by Crippen LogP contribution is -2.48. The van der Waals surface area contributed by atoms with Crippen molar-refractivity contribution in [2.24, 2.45) is 0 Å². The lowest BCUT2D eigenvalue weighted by atomic mass is 10.1. The highest BCUT2D eigenvalue weighted by molar-refractivity contribution is 6.68. The minimum Gasteiger partial charge on any atom is -0.370 e. The van der Waals surface area contributed by atoms with Gasteiger partial charge in [-0.1, -0.05) is 64.4 Å². The standard InChI is InChI=1S/C20H42O3Si/c1-6-11-12-13-14-15-16-17-18-19-20(7-2)24(21-8-3,22-9-4)23-10-5/h7H,6,8-19H2,1-5H3/b20-7-. The van der Waals surface area contributed by atoms with Crippen LogP contribution in [0.4, 0.5) is 0 Å². The predicted molar refractivity (Wildman–Crippen MR) is 106 cm³/mol. The Morgan fingerprint density at radius 1 is 0.667 bits per heavy atom. The summed E-state index contributed by atoms with van der Waals surface area (Å²) < 4.78 is 18.1. The van der Waals surface area contributed by atoms with Crippen molar-refractivity contribution in [1.29, 1.82) is 0 Å². The van der Waals surface area contributed by atoms with Gasteiger partial charge in [-0.05, 0) is 45.7 Å². The third-order valence-corrected chi connectivity index (χ3v) is 7.63. The second-order valence-electron chi connectivity index (χ2n) is 6.25. The summed E-state index contributed by atoms with van der Waals surface area (Å²) in [5.41, 5.74) is 0. The maximum atomic E-state index is 6.02. The molecular formula is C20H42O3Si. The van der Waals surface area contributed by atoms with Crippen molar-refractivity contribution in [3.05, 3.63) is 11.3 Å². The molecule has 0 aliphatic heterocycles. The summed E-state index contributed by atoms with van der Waals surface area (Å²) in [6, 6.07) is 0. The third-order valence-electron chi connectivity index (χ3n) is 4.29. The van der Waals surface area contributed by atoms with E-state index in [9.17, 15) is 0 Å². The number of hydrogen-bond acceptors (Lipinski definition) is 3. The molecule has 0 bridgehead atoms. The van der Waals surface area contributed by atoms with Gasteiger partial charge in [-0.3, -0.25) is 0 Å². The van der Waals surface area contributed by atoms with Crippen molar-refractivity contribution < 1.29 is 13.3 Å². The van der Waals surface area contributed by atoms with E-state index in [1.54, 1.807) is 0 Å². The van der Waals surface area contributed by atoms with Crippen LogP contribution in [0.3, 0.4) is 0 Å². The van der Waals surface area contributed by atoms with E-state index in [1.807, 2.05) is 20.8 Å². The van der Waals surface area contributed by atoms with Crippen molar-refractivity contribution in [3.8, 4) is 0 Å². The number of allylic oxidation sites excluding steroid dienone is 2. The summed E-state index contributed by atoms with van der Waals surface area (Å²) in [4.78, 5) is 0. The van der Waals surface area contributed by atoms with Gasteiger partial charge in [-0.2, -0.15) is 0 Å². The molecule has 144 valence electrons. The molecule has 0 fully saturated rings. The van der Waals surface area contributed by atoms with Crippen LogP contribution in [0.15, 0.2) is 11.3 Å². The quantitative estimate of drug-likeness (QED) is 0.221. The molecule has 0 aliphatic rings. The van der Waals surface area contributed by atoms with Gasteiger partial charge in [0, 0.05) is 19.8 Å². The van der Waals surface area contributed by atoms with E-state index in [0.29, 0.717) is 19.8 Å². The Hall–Kier alpha value is -0.163. The van der Waals surface area contributed by atoms with Gasteiger partial charge in [0.05, 0.1) is 0 Å². The molecule has 0 saturated heterocycles. The Balaban J connectivity index is 4.21. The van der Waals surface area contributed by atoms with Gasteiger partial charge in [-0.25, -0.2) is 0 Å². The Morgan fingerprint density at radius 3 is 1.46 bits per heavy atom. The second-order valence-corrected chi connectivity index (χ2v) is 8.87. The van der Waals surface area contributed by atoms with Gasteiger partial charge >= 0.3 is 8.80 Å². The molecule has 0 aliphatic carbocycles. The Bertz CT molecular complexity index is 288. The molecule has 0 rings (SSSR count). The topological polar surface area (TPSA) is 27.7 Å². The molecule has 0 atom stereocenters. The molecule has 4 heteroatoms. The van der Waals surface area contributed by atoms with Gasteiger partial charge in [0.15, 0.2) is 0 Å². The van der Waals surface area contributed by atoms with Gasteiger partial charge < -0.3 is 13.3 Å². The van der Waals surface area contributed by atoms with E-state index >= 15 is 0 Å². The van der Waals surface area contributed by atoms with Crippen molar-refractivity contribution in [2.75, 3.05) is 19.8 Å². The number of unbranched alkanes of at least 4 members (excludes halogenated alkanes) is 8. The zero-order valence-electron chi connectivity index (χ0n) is 17.0. The molecule has 24 heavy (non-hydrogen) atoms. The average Bonchev–Trinajstić information content (AvgIpc) is 2.57. The van der Waals surface area contributed by atoms with Crippen molar-refractivity contribution in [2.45, 2.75) is 98.8 Å². The van der Waals surface area contributed by atoms with E-state index in [2.05, 4.69) is 19.9 Å². The molecule has 0 heterocycles. The lowest BCUT2D eigenvalue weighted by molar-refractivity contribution is 0.0796. The Morgan fingerprint density at radius 2 is 1.08 bits per heavy atom. The van der Waals surface area contributed by atoms with Crippen molar-refractivity contribution in [3.63, 3.8) is 0 Å². The van der Waals surface area contributed by atoms with Crippen LogP contribution in [0, 0.1) is 0 Å². The van der Waals surface area contributed by atoms with Gasteiger partial charge in [-0.15, -0.1) is 0 Å². The minimum absolute atomic E-state index is 0.640. The lowest BCUT2D eigenvalue weighted by Gasteiger charge is -2.30. The van der Waals surface area contributed by atoms with Crippen LogP contribution in [-0.2, 0) is 13.3 Å². The second kappa shape index (κ2) is 16.3. The van der Waals surface area contributed by atoms with Gasteiger partial charge in [0.1, 0.15) is 0 Å². The average molecular weight is 359 g/mol. The van der Waals surface area contributed by atoms with Gasteiger partial charge in [0.2, 0.25) is 0 Å². The highest BCUT2D eigenvalue weighted by atomic mass is 28.4. The van der Waals surface area contributed by atoms with Crippen LogP contribution in [-0.4, -0.2) is 28.6 Å². The normalized spacial score (nSPS) is 12.8. The zero-order valence-corrected chi connectivity index (χ0v) is 18.0. The molecule has 0 radical (unpaired) electrons. The number of rotatable bonds is 17. The number of hydrogen-bond donors (Lipinski definition) is 0. The summed E-state index contributed by atoms with van der Waals surface area (Å²) >= 11 is 0.